The van der Waals surface area contributed by atoms with Crippen LogP contribution in [0.5, 0.6) is 0 Å². The van der Waals surface area contributed by atoms with Crippen molar-refractivity contribution in [2.24, 2.45) is 5.73 Å². The number of carbonyl (C=O) groups excluding carboxylic acids is 3. The Hall–Kier alpha value is -3.73. The SMILES string of the molecule is Cc1ccc([C@H](C(=O)NC(C)(C)C)N(C(=O)c2snc(C(N)=O)c2N)c2ccc(F)cc2)o1. The fourth-order valence-corrected chi connectivity index (χ4v) is 3.88. The Morgan fingerprint density at radius 3 is 2.27 bits per heavy atom. The summed E-state index contributed by atoms with van der Waals surface area (Å²) in [6.45, 7) is 7.08. The zero-order valence-corrected chi connectivity index (χ0v) is 19.3. The summed E-state index contributed by atoms with van der Waals surface area (Å²) in [5, 5.41) is 2.85. The predicted octanol–water partition coefficient (Wildman–Crippen LogP) is 3.17. The van der Waals surface area contributed by atoms with Crippen LogP contribution >= 0.6 is 11.5 Å². The third-order valence-corrected chi connectivity index (χ3v) is 5.37. The van der Waals surface area contributed by atoms with Gasteiger partial charge in [-0.1, -0.05) is 0 Å². The molecule has 0 saturated carbocycles. The van der Waals surface area contributed by atoms with Crippen LogP contribution < -0.4 is 21.7 Å². The topological polar surface area (TPSA) is 145 Å². The van der Waals surface area contributed by atoms with Gasteiger partial charge in [-0.3, -0.25) is 19.3 Å². The lowest BCUT2D eigenvalue weighted by Crippen LogP contribution is -2.49. The molecule has 0 fully saturated rings. The fourth-order valence-electron chi connectivity index (χ4n) is 3.14. The van der Waals surface area contributed by atoms with Crippen LogP contribution in [-0.2, 0) is 4.79 Å². The smallest absolute Gasteiger partial charge is 0.273 e. The van der Waals surface area contributed by atoms with E-state index < -0.39 is 35.1 Å². The summed E-state index contributed by atoms with van der Waals surface area (Å²) >= 11 is 0.678. The van der Waals surface area contributed by atoms with Crippen LogP contribution in [0.4, 0.5) is 15.8 Å². The molecule has 0 unspecified atom stereocenters. The second kappa shape index (κ2) is 9.02. The first kappa shape index (κ1) is 23.9. The van der Waals surface area contributed by atoms with Gasteiger partial charge in [0.15, 0.2) is 11.7 Å². The van der Waals surface area contributed by atoms with E-state index in [1.807, 2.05) is 0 Å². The second-order valence-electron chi connectivity index (χ2n) is 8.38. The highest BCUT2D eigenvalue weighted by molar-refractivity contribution is 7.09. The van der Waals surface area contributed by atoms with Crippen molar-refractivity contribution in [1.82, 2.24) is 9.69 Å². The number of primary amides is 1. The number of amides is 3. The monoisotopic (exact) mass is 473 g/mol. The summed E-state index contributed by atoms with van der Waals surface area (Å²) in [6, 6.07) is 7.00. The minimum absolute atomic E-state index is 0.0926. The van der Waals surface area contributed by atoms with E-state index >= 15 is 0 Å². The van der Waals surface area contributed by atoms with Crippen LogP contribution in [0, 0.1) is 12.7 Å². The van der Waals surface area contributed by atoms with Crippen molar-refractivity contribution in [1.29, 1.82) is 0 Å². The summed E-state index contributed by atoms with van der Waals surface area (Å²) in [4.78, 5) is 39.8. The van der Waals surface area contributed by atoms with E-state index in [2.05, 4.69) is 9.69 Å². The van der Waals surface area contributed by atoms with Crippen molar-refractivity contribution < 1.29 is 23.2 Å². The lowest BCUT2D eigenvalue weighted by Gasteiger charge is -2.32. The van der Waals surface area contributed by atoms with Gasteiger partial charge in [-0.15, -0.1) is 0 Å². The van der Waals surface area contributed by atoms with Crippen molar-refractivity contribution in [3.63, 3.8) is 0 Å². The van der Waals surface area contributed by atoms with Gasteiger partial charge in [0, 0.05) is 11.2 Å². The molecule has 0 aliphatic rings. The largest absolute Gasteiger partial charge is 0.464 e. The normalized spacial score (nSPS) is 12.3. The minimum atomic E-state index is -1.27. The number of benzene rings is 1. The van der Waals surface area contributed by atoms with Gasteiger partial charge in [0.25, 0.3) is 17.7 Å². The van der Waals surface area contributed by atoms with Gasteiger partial charge >= 0.3 is 0 Å². The average Bonchev–Trinajstić information content (AvgIpc) is 3.30. The molecule has 2 heterocycles. The van der Waals surface area contributed by atoms with Gasteiger partial charge in [0.2, 0.25) is 0 Å². The summed E-state index contributed by atoms with van der Waals surface area (Å²) < 4.78 is 23.3. The number of nitrogens with one attached hydrogen (secondary N) is 1. The molecule has 0 aliphatic carbocycles. The Morgan fingerprint density at radius 2 is 1.79 bits per heavy atom. The van der Waals surface area contributed by atoms with E-state index in [0.29, 0.717) is 17.3 Å². The van der Waals surface area contributed by atoms with Gasteiger partial charge in [0.1, 0.15) is 22.2 Å². The molecule has 3 amide bonds. The number of anilines is 2. The number of nitrogens with zero attached hydrogens (tertiary/aromatic N) is 2. The zero-order chi connectivity index (χ0) is 24.5. The van der Waals surface area contributed by atoms with E-state index in [1.165, 1.54) is 12.1 Å². The summed E-state index contributed by atoms with van der Waals surface area (Å²) in [7, 11) is 0. The predicted molar refractivity (Wildman–Crippen MR) is 122 cm³/mol. The van der Waals surface area contributed by atoms with E-state index in [-0.39, 0.29) is 27.7 Å². The van der Waals surface area contributed by atoms with Gasteiger partial charge < -0.3 is 21.2 Å². The summed E-state index contributed by atoms with van der Waals surface area (Å²) in [5.74, 6) is -1.97. The van der Waals surface area contributed by atoms with E-state index in [1.54, 1.807) is 39.8 Å². The van der Waals surface area contributed by atoms with Gasteiger partial charge in [-0.2, -0.15) is 4.37 Å². The molecule has 0 radical (unpaired) electrons. The lowest BCUT2D eigenvalue weighted by molar-refractivity contribution is -0.124. The number of halogens is 1. The quantitative estimate of drug-likeness (QED) is 0.501. The van der Waals surface area contributed by atoms with Gasteiger partial charge in [-0.25, -0.2) is 4.39 Å². The molecular weight excluding hydrogens is 449 g/mol. The Morgan fingerprint density at radius 1 is 1.15 bits per heavy atom. The molecule has 0 bridgehead atoms. The number of hydrogen-bond acceptors (Lipinski definition) is 7. The number of carbonyl (C=O) groups is 3. The number of furan rings is 1. The average molecular weight is 474 g/mol. The Labute approximate surface area is 193 Å². The molecule has 0 saturated heterocycles. The summed E-state index contributed by atoms with van der Waals surface area (Å²) in [5.41, 5.74) is 10.4. The van der Waals surface area contributed by atoms with Crippen LogP contribution in [0.25, 0.3) is 0 Å². The first-order chi connectivity index (χ1) is 15.4. The molecule has 3 aromatic rings. The first-order valence-electron chi connectivity index (χ1n) is 9.91. The second-order valence-corrected chi connectivity index (χ2v) is 9.15. The zero-order valence-electron chi connectivity index (χ0n) is 18.5. The van der Waals surface area contributed by atoms with Crippen LogP contribution in [0.1, 0.15) is 58.5 Å². The number of rotatable bonds is 6. The maximum absolute atomic E-state index is 13.7. The van der Waals surface area contributed by atoms with Crippen LogP contribution in [0.15, 0.2) is 40.8 Å². The van der Waals surface area contributed by atoms with Crippen molar-refractivity contribution in [2.45, 2.75) is 39.3 Å². The molecule has 9 nitrogen and oxygen atoms in total. The van der Waals surface area contributed by atoms with Crippen molar-refractivity contribution in [3.8, 4) is 0 Å². The van der Waals surface area contributed by atoms with E-state index in [0.717, 1.165) is 17.0 Å². The molecule has 3 rings (SSSR count). The summed E-state index contributed by atoms with van der Waals surface area (Å²) in [6.07, 6.45) is 0. The highest BCUT2D eigenvalue weighted by Crippen LogP contribution is 2.34. The van der Waals surface area contributed by atoms with Crippen molar-refractivity contribution in [3.05, 3.63) is 64.3 Å². The highest BCUT2D eigenvalue weighted by Gasteiger charge is 2.38. The third-order valence-electron chi connectivity index (χ3n) is 4.51. The molecule has 1 atom stereocenters. The van der Waals surface area contributed by atoms with Crippen LogP contribution in [-0.4, -0.2) is 27.6 Å². The number of aryl methyl sites for hydroxylation is 1. The number of hydrogen-bond donors (Lipinski definition) is 3. The van der Waals surface area contributed by atoms with Gasteiger partial charge in [0.05, 0.1) is 5.69 Å². The maximum atomic E-state index is 13.7. The van der Waals surface area contributed by atoms with E-state index in [9.17, 15) is 18.8 Å². The third kappa shape index (κ3) is 5.20. The lowest BCUT2D eigenvalue weighted by atomic mass is 10.1. The number of aromatic nitrogens is 1. The molecular formula is C22H24FN5O4S. The highest BCUT2D eigenvalue weighted by atomic mass is 32.1. The Bertz CT molecular complexity index is 1200. The molecule has 5 N–H and O–H groups in total. The standard InChI is InChI=1S/C22H24FN5O4S/c1-11-5-10-14(32-11)17(20(30)26-22(2,3)4)28(13-8-6-12(23)7-9-13)21(31)18-15(24)16(19(25)29)27-33-18/h5-10,17H,24H2,1-4H3,(H2,25,29)(H,26,30)/t17-/m1/s1. The number of nitrogens with two attached hydrogens (primary N) is 2. The first-order valence-corrected chi connectivity index (χ1v) is 10.7. The van der Waals surface area contributed by atoms with Crippen molar-refractivity contribution >= 4 is 40.6 Å². The Balaban J connectivity index is 2.20. The molecule has 33 heavy (non-hydrogen) atoms. The molecule has 1 aromatic carbocycles. The van der Waals surface area contributed by atoms with Crippen molar-refractivity contribution in [2.75, 3.05) is 10.6 Å². The molecule has 174 valence electrons. The fraction of sp³-hybridized carbons (Fsp3) is 0.273. The molecule has 11 heteroatoms. The number of nitrogen functional groups attached to an aromatic ring is 1. The maximum Gasteiger partial charge on any atom is 0.273 e. The molecule has 0 aliphatic heterocycles. The minimum Gasteiger partial charge on any atom is -0.464 e. The Kier molecular flexibility index (Phi) is 6.54. The van der Waals surface area contributed by atoms with Crippen LogP contribution in [0.3, 0.4) is 0 Å². The van der Waals surface area contributed by atoms with Crippen LogP contribution in [0.2, 0.25) is 0 Å². The van der Waals surface area contributed by atoms with E-state index in [4.69, 9.17) is 15.9 Å². The molecule has 2 aromatic heterocycles. The molecule has 0 spiro atoms. The van der Waals surface area contributed by atoms with Gasteiger partial charge in [-0.05, 0) is 75.6 Å².